The smallest absolute Gasteiger partial charge is 0.358 e. The van der Waals surface area contributed by atoms with Crippen LogP contribution < -0.4 is 0 Å². The Bertz CT molecular complexity index is 613. The van der Waals surface area contributed by atoms with Gasteiger partial charge in [-0.1, -0.05) is 30.3 Å². The van der Waals surface area contributed by atoms with Crippen LogP contribution in [0.1, 0.15) is 24.3 Å². The first-order chi connectivity index (χ1) is 9.65. The quantitative estimate of drug-likeness (QED) is 0.634. The lowest BCUT2D eigenvalue weighted by Crippen LogP contribution is -2.16. The van der Waals surface area contributed by atoms with E-state index >= 15 is 0 Å². The minimum absolute atomic E-state index is 0.127. The monoisotopic (exact) mass is 274 g/mol. The van der Waals surface area contributed by atoms with E-state index < -0.39 is 4.92 Å². The Labute approximate surface area is 115 Å². The zero-order valence-corrected chi connectivity index (χ0v) is 10.9. The molecule has 0 spiro atoms. The van der Waals surface area contributed by atoms with Crippen molar-refractivity contribution in [3.8, 4) is 0 Å². The van der Waals surface area contributed by atoms with Crippen LogP contribution in [0.25, 0.3) is 0 Å². The number of aromatic nitrogens is 2. The molecule has 0 bridgehead atoms. The normalized spacial score (nSPS) is 23.1. The second-order valence-corrected chi connectivity index (χ2v) is 4.70. The van der Waals surface area contributed by atoms with Gasteiger partial charge in [0.2, 0.25) is 6.33 Å². The van der Waals surface area contributed by atoms with E-state index in [2.05, 4.69) is 4.98 Å². The van der Waals surface area contributed by atoms with Gasteiger partial charge in [0.1, 0.15) is 6.20 Å². The molecule has 7 heteroatoms. The van der Waals surface area contributed by atoms with Crippen molar-refractivity contribution >= 4 is 5.82 Å². The fourth-order valence-electron chi connectivity index (χ4n) is 2.42. The van der Waals surface area contributed by atoms with Crippen molar-refractivity contribution in [2.24, 2.45) is 0 Å². The van der Waals surface area contributed by atoms with Crippen LogP contribution >= 0.6 is 0 Å². The van der Waals surface area contributed by atoms with Crippen molar-refractivity contribution in [3.63, 3.8) is 0 Å². The third kappa shape index (κ3) is 2.28. The zero-order valence-electron chi connectivity index (χ0n) is 10.9. The SMILES string of the molecule is CN1OC(n2cnc([N+](=O)[O-])c2)CC1c1ccccc1. The summed E-state index contributed by atoms with van der Waals surface area (Å²) in [4.78, 5) is 19.6. The molecule has 7 nitrogen and oxygen atoms in total. The molecule has 1 aromatic heterocycles. The van der Waals surface area contributed by atoms with Gasteiger partial charge in [-0.2, -0.15) is 5.06 Å². The van der Waals surface area contributed by atoms with Crippen LogP contribution in [-0.4, -0.2) is 26.6 Å². The molecule has 0 radical (unpaired) electrons. The first-order valence-corrected chi connectivity index (χ1v) is 6.27. The van der Waals surface area contributed by atoms with Crippen molar-refractivity contribution in [2.75, 3.05) is 7.05 Å². The molecule has 104 valence electrons. The maximum absolute atomic E-state index is 10.7. The Hall–Kier alpha value is -2.25. The lowest BCUT2D eigenvalue weighted by atomic mass is 10.0. The highest BCUT2D eigenvalue weighted by atomic mass is 16.7. The van der Waals surface area contributed by atoms with Crippen LogP contribution in [0.15, 0.2) is 42.9 Å². The average Bonchev–Trinajstić information content (AvgIpc) is 3.06. The van der Waals surface area contributed by atoms with Crippen molar-refractivity contribution in [1.29, 1.82) is 0 Å². The van der Waals surface area contributed by atoms with Crippen LogP contribution in [0.5, 0.6) is 0 Å². The summed E-state index contributed by atoms with van der Waals surface area (Å²) in [6.07, 6.45) is 3.27. The largest absolute Gasteiger partial charge is 0.381 e. The van der Waals surface area contributed by atoms with Crippen molar-refractivity contribution < 1.29 is 9.76 Å². The van der Waals surface area contributed by atoms with Gasteiger partial charge < -0.3 is 10.1 Å². The fraction of sp³-hybridized carbons (Fsp3) is 0.308. The van der Waals surface area contributed by atoms with Gasteiger partial charge in [-0.15, -0.1) is 0 Å². The summed E-state index contributed by atoms with van der Waals surface area (Å²) in [7, 11) is 1.86. The van der Waals surface area contributed by atoms with Gasteiger partial charge >= 0.3 is 5.82 Å². The molecule has 0 N–H and O–H groups in total. The first kappa shape index (κ1) is 12.8. The van der Waals surface area contributed by atoms with Crippen LogP contribution in [0.3, 0.4) is 0 Å². The Morgan fingerprint density at radius 1 is 1.40 bits per heavy atom. The number of hydroxylamine groups is 2. The van der Waals surface area contributed by atoms with Gasteiger partial charge in [0, 0.05) is 13.5 Å². The fourth-order valence-corrected chi connectivity index (χ4v) is 2.42. The van der Waals surface area contributed by atoms with Crippen molar-refractivity contribution in [2.45, 2.75) is 18.7 Å². The number of benzene rings is 1. The molecule has 0 aliphatic carbocycles. The minimum Gasteiger partial charge on any atom is -0.358 e. The van der Waals surface area contributed by atoms with E-state index in [9.17, 15) is 10.1 Å². The summed E-state index contributed by atoms with van der Waals surface area (Å²) in [5, 5.41) is 12.4. The average molecular weight is 274 g/mol. The van der Waals surface area contributed by atoms with Crippen LogP contribution in [-0.2, 0) is 4.84 Å². The van der Waals surface area contributed by atoms with Gasteiger partial charge in [0.25, 0.3) is 0 Å². The molecule has 20 heavy (non-hydrogen) atoms. The van der Waals surface area contributed by atoms with Gasteiger partial charge in [-0.3, -0.25) is 9.40 Å². The molecular weight excluding hydrogens is 260 g/mol. The Balaban J connectivity index is 1.79. The molecule has 1 saturated heterocycles. The molecule has 0 saturated carbocycles. The van der Waals surface area contributed by atoms with E-state index in [0.29, 0.717) is 6.42 Å². The van der Waals surface area contributed by atoms with Crippen LogP contribution in [0.4, 0.5) is 5.82 Å². The minimum atomic E-state index is -0.510. The summed E-state index contributed by atoms with van der Waals surface area (Å²) in [5.41, 5.74) is 1.16. The van der Waals surface area contributed by atoms with Crippen molar-refractivity contribution in [3.05, 3.63) is 58.5 Å². The maximum atomic E-state index is 10.7. The molecule has 2 atom stereocenters. The van der Waals surface area contributed by atoms with E-state index in [0.717, 1.165) is 5.56 Å². The second-order valence-electron chi connectivity index (χ2n) is 4.70. The zero-order chi connectivity index (χ0) is 14.1. The topological polar surface area (TPSA) is 73.4 Å². The molecule has 1 aliphatic rings. The molecule has 1 fully saturated rings. The third-order valence-electron chi connectivity index (χ3n) is 3.44. The molecular formula is C13H14N4O3. The Morgan fingerprint density at radius 2 is 2.15 bits per heavy atom. The van der Waals surface area contributed by atoms with Crippen molar-refractivity contribution in [1.82, 2.24) is 14.6 Å². The van der Waals surface area contributed by atoms with Gasteiger partial charge in [-0.25, -0.2) is 0 Å². The van der Waals surface area contributed by atoms with Crippen LogP contribution in [0, 0.1) is 10.1 Å². The number of nitrogens with zero attached hydrogens (tertiary/aromatic N) is 4. The number of hydrogen-bond acceptors (Lipinski definition) is 5. The molecule has 2 heterocycles. The molecule has 2 unspecified atom stereocenters. The van der Waals surface area contributed by atoms with E-state index in [1.807, 2.05) is 37.4 Å². The Kier molecular flexibility index (Phi) is 3.21. The predicted molar refractivity (Wildman–Crippen MR) is 70.6 cm³/mol. The summed E-state index contributed by atoms with van der Waals surface area (Å²) in [6, 6.07) is 10.2. The van der Waals surface area contributed by atoms with E-state index in [1.165, 1.54) is 12.5 Å². The number of imidazole rings is 1. The number of hydrogen-bond donors (Lipinski definition) is 0. The Morgan fingerprint density at radius 3 is 2.80 bits per heavy atom. The molecule has 2 aromatic rings. The van der Waals surface area contributed by atoms with E-state index in [1.54, 1.807) is 9.63 Å². The van der Waals surface area contributed by atoms with E-state index in [-0.39, 0.29) is 18.1 Å². The molecule has 3 rings (SSSR count). The maximum Gasteiger partial charge on any atom is 0.381 e. The summed E-state index contributed by atoms with van der Waals surface area (Å²) >= 11 is 0. The predicted octanol–water partition coefficient (Wildman–Crippen LogP) is 2.30. The van der Waals surface area contributed by atoms with Gasteiger partial charge in [0.15, 0.2) is 6.23 Å². The standard InChI is InChI=1S/C13H14N4O3/c1-15-11(10-5-3-2-4-6-10)7-13(20-15)16-8-12(14-9-16)17(18)19/h2-6,8-9,11,13H,7H2,1H3. The molecule has 0 amide bonds. The number of rotatable bonds is 3. The summed E-state index contributed by atoms with van der Waals surface area (Å²) in [6.45, 7) is 0. The van der Waals surface area contributed by atoms with Crippen LogP contribution in [0.2, 0.25) is 0 Å². The second kappa shape index (κ2) is 5.03. The molecule has 1 aliphatic heterocycles. The molecule has 1 aromatic carbocycles. The highest BCUT2D eigenvalue weighted by Gasteiger charge is 2.34. The van der Waals surface area contributed by atoms with Gasteiger partial charge in [0.05, 0.1) is 6.04 Å². The van der Waals surface area contributed by atoms with E-state index in [4.69, 9.17) is 4.84 Å². The highest BCUT2D eigenvalue weighted by molar-refractivity contribution is 5.19. The lowest BCUT2D eigenvalue weighted by molar-refractivity contribution is -0.389. The first-order valence-electron chi connectivity index (χ1n) is 6.27. The summed E-state index contributed by atoms with van der Waals surface area (Å²) < 4.78 is 1.64. The third-order valence-corrected chi connectivity index (χ3v) is 3.44. The number of nitro groups is 1. The lowest BCUT2D eigenvalue weighted by Gasteiger charge is -2.17. The highest BCUT2D eigenvalue weighted by Crippen LogP contribution is 2.37. The van der Waals surface area contributed by atoms with Gasteiger partial charge in [-0.05, 0) is 15.5 Å². The summed E-state index contributed by atoms with van der Waals surface area (Å²) in [5.74, 6) is -0.167.